The fourth-order valence-corrected chi connectivity index (χ4v) is 2.12. The van der Waals surface area contributed by atoms with Crippen LogP contribution in [0.3, 0.4) is 0 Å². The molecule has 3 nitrogen and oxygen atoms in total. The Labute approximate surface area is 104 Å². The number of piperazine rings is 1. The maximum atomic E-state index is 3.40. The normalized spacial score (nSPS) is 17.2. The highest BCUT2D eigenvalue weighted by atomic mass is 15.2. The van der Waals surface area contributed by atoms with Gasteiger partial charge in [-0.2, -0.15) is 0 Å². The molecular weight excluding hydrogens is 210 g/mol. The van der Waals surface area contributed by atoms with E-state index in [1.54, 1.807) is 0 Å². The molecule has 1 aromatic carbocycles. The van der Waals surface area contributed by atoms with E-state index in [-0.39, 0.29) is 0 Å². The van der Waals surface area contributed by atoms with Crippen LogP contribution in [-0.2, 0) is 0 Å². The summed E-state index contributed by atoms with van der Waals surface area (Å²) >= 11 is 0. The standard InChI is InChI=1S/C14H23N3/c1-3-8-15-13-4-6-14(7-5-13)17-11-9-16(2)10-12-17/h4-7,15H,3,8-12H2,1-2H3. The van der Waals surface area contributed by atoms with Crippen molar-refractivity contribution in [1.82, 2.24) is 4.90 Å². The zero-order valence-electron chi connectivity index (χ0n) is 10.9. The third-order valence-corrected chi connectivity index (χ3v) is 3.31. The summed E-state index contributed by atoms with van der Waals surface area (Å²) in [4.78, 5) is 4.84. The number of likely N-dealkylation sites (N-methyl/N-ethyl adjacent to an activating group) is 1. The first kappa shape index (κ1) is 12.2. The smallest absolute Gasteiger partial charge is 0.0368 e. The van der Waals surface area contributed by atoms with Crippen LogP contribution in [0.25, 0.3) is 0 Å². The van der Waals surface area contributed by atoms with Gasteiger partial charge < -0.3 is 15.1 Å². The van der Waals surface area contributed by atoms with E-state index in [1.165, 1.54) is 17.8 Å². The molecule has 0 atom stereocenters. The lowest BCUT2D eigenvalue weighted by Gasteiger charge is -2.34. The van der Waals surface area contributed by atoms with E-state index in [9.17, 15) is 0 Å². The van der Waals surface area contributed by atoms with Gasteiger partial charge in [0.25, 0.3) is 0 Å². The predicted octanol–water partition coefficient (Wildman–Crippen LogP) is 2.26. The summed E-state index contributed by atoms with van der Waals surface area (Å²) in [5.41, 5.74) is 2.57. The van der Waals surface area contributed by atoms with Crippen molar-refractivity contribution in [3.05, 3.63) is 24.3 Å². The molecule has 1 aromatic rings. The number of hydrogen-bond donors (Lipinski definition) is 1. The highest BCUT2D eigenvalue weighted by molar-refractivity contribution is 5.55. The van der Waals surface area contributed by atoms with Crippen LogP contribution in [0.15, 0.2) is 24.3 Å². The molecule has 0 radical (unpaired) electrons. The Morgan fingerprint density at radius 1 is 1.06 bits per heavy atom. The van der Waals surface area contributed by atoms with E-state index in [4.69, 9.17) is 0 Å². The van der Waals surface area contributed by atoms with Crippen molar-refractivity contribution in [3.8, 4) is 0 Å². The minimum atomic E-state index is 1.05. The fourth-order valence-electron chi connectivity index (χ4n) is 2.12. The molecule has 0 saturated carbocycles. The molecule has 2 rings (SSSR count). The highest BCUT2D eigenvalue weighted by Crippen LogP contribution is 2.19. The number of hydrogen-bond acceptors (Lipinski definition) is 3. The molecule has 0 aromatic heterocycles. The van der Waals surface area contributed by atoms with E-state index >= 15 is 0 Å². The van der Waals surface area contributed by atoms with Crippen LogP contribution < -0.4 is 10.2 Å². The summed E-state index contributed by atoms with van der Waals surface area (Å²) < 4.78 is 0. The van der Waals surface area contributed by atoms with Crippen LogP contribution in [0.5, 0.6) is 0 Å². The molecule has 0 aliphatic carbocycles. The molecule has 0 amide bonds. The van der Waals surface area contributed by atoms with Crippen LogP contribution in [0.2, 0.25) is 0 Å². The molecule has 0 spiro atoms. The molecule has 17 heavy (non-hydrogen) atoms. The van der Waals surface area contributed by atoms with Crippen molar-refractivity contribution in [2.45, 2.75) is 13.3 Å². The quantitative estimate of drug-likeness (QED) is 0.860. The van der Waals surface area contributed by atoms with E-state index in [2.05, 4.69) is 53.4 Å². The first-order valence-corrected chi connectivity index (χ1v) is 6.57. The molecule has 3 heteroatoms. The van der Waals surface area contributed by atoms with Crippen LogP contribution >= 0.6 is 0 Å². The molecule has 1 aliphatic rings. The van der Waals surface area contributed by atoms with E-state index in [0.717, 1.165) is 32.7 Å². The van der Waals surface area contributed by atoms with E-state index in [0.29, 0.717) is 0 Å². The monoisotopic (exact) mass is 233 g/mol. The van der Waals surface area contributed by atoms with Crippen molar-refractivity contribution in [3.63, 3.8) is 0 Å². The second-order valence-corrected chi connectivity index (χ2v) is 4.76. The minimum absolute atomic E-state index is 1.05. The molecule has 1 fully saturated rings. The van der Waals surface area contributed by atoms with Crippen molar-refractivity contribution >= 4 is 11.4 Å². The van der Waals surface area contributed by atoms with Gasteiger partial charge in [-0.15, -0.1) is 0 Å². The second kappa shape index (κ2) is 5.92. The average molecular weight is 233 g/mol. The maximum Gasteiger partial charge on any atom is 0.0368 e. The Morgan fingerprint density at radius 3 is 2.29 bits per heavy atom. The molecule has 94 valence electrons. The Bertz CT molecular complexity index is 326. The van der Waals surface area contributed by atoms with Crippen LogP contribution in [0.4, 0.5) is 11.4 Å². The van der Waals surface area contributed by atoms with E-state index in [1.807, 2.05) is 0 Å². The summed E-state index contributed by atoms with van der Waals surface area (Å²) in [7, 11) is 2.19. The first-order valence-electron chi connectivity index (χ1n) is 6.57. The lowest BCUT2D eigenvalue weighted by molar-refractivity contribution is 0.313. The zero-order valence-corrected chi connectivity index (χ0v) is 10.9. The predicted molar refractivity (Wildman–Crippen MR) is 74.9 cm³/mol. The number of nitrogens with zero attached hydrogens (tertiary/aromatic N) is 2. The van der Waals surface area contributed by atoms with Crippen LogP contribution in [-0.4, -0.2) is 44.7 Å². The molecule has 0 bridgehead atoms. The summed E-state index contributed by atoms with van der Waals surface area (Å²) in [6.45, 7) is 7.83. The van der Waals surface area contributed by atoms with Gasteiger partial charge in [0, 0.05) is 44.1 Å². The van der Waals surface area contributed by atoms with Crippen molar-refractivity contribution in [1.29, 1.82) is 0 Å². The molecule has 1 N–H and O–H groups in total. The van der Waals surface area contributed by atoms with Crippen molar-refractivity contribution in [2.24, 2.45) is 0 Å². The van der Waals surface area contributed by atoms with Gasteiger partial charge in [0.05, 0.1) is 0 Å². The lowest BCUT2D eigenvalue weighted by Crippen LogP contribution is -2.44. The van der Waals surface area contributed by atoms with E-state index < -0.39 is 0 Å². The Kier molecular flexibility index (Phi) is 4.26. The number of anilines is 2. The molecule has 1 heterocycles. The van der Waals surface area contributed by atoms with Gasteiger partial charge in [-0.3, -0.25) is 0 Å². The lowest BCUT2D eigenvalue weighted by atomic mass is 10.2. The average Bonchev–Trinajstić information content (AvgIpc) is 2.38. The first-order chi connectivity index (χ1) is 8.29. The molecular formula is C14H23N3. The maximum absolute atomic E-state index is 3.40. The largest absolute Gasteiger partial charge is 0.385 e. The minimum Gasteiger partial charge on any atom is -0.385 e. The van der Waals surface area contributed by atoms with Gasteiger partial charge in [-0.05, 0) is 37.7 Å². The van der Waals surface area contributed by atoms with Crippen LogP contribution in [0, 0.1) is 0 Å². The van der Waals surface area contributed by atoms with Crippen molar-refractivity contribution in [2.75, 3.05) is 50.0 Å². The molecule has 1 saturated heterocycles. The third-order valence-electron chi connectivity index (χ3n) is 3.31. The van der Waals surface area contributed by atoms with Gasteiger partial charge in [-0.1, -0.05) is 6.92 Å². The molecule has 1 aliphatic heterocycles. The Balaban J connectivity index is 1.93. The van der Waals surface area contributed by atoms with Gasteiger partial charge in [0.15, 0.2) is 0 Å². The number of benzene rings is 1. The van der Waals surface area contributed by atoms with Crippen molar-refractivity contribution < 1.29 is 0 Å². The number of rotatable bonds is 4. The van der Waals surface area contributed by atoms with Crippen LogP contribution in [0.1, 0.15) is 13.3 Å². The summed E-state index contributed by atoms with van der Waals surface area (Å²) in [6, 6.07) is 8.82. The third kappa shape index (κ3) is 3.37. The fraction of sp³-hybridized carbons (Fsp3) is 0.571. The summed E-state index contributed by atoms with van der Waals surface area (Å²) in [5, 5.41) is 3.40. The van der Waals surface area contributed by atoms with Gasteiger partial charge >= 0.3 is 0 Å². The zero-order chi connectivity index (χ0) is 12.1. The number of nitrogens with one attached hydrogen (secondary N) is 1. The highest BCUT2D eigenvalue weighted by Gasteiger charge is 2.13. The van der Waals surface area contributed by atoms with Gasteiger partial charge in [0.2, 0.25) is 0 Å². The SMILES string of the molecule is CCCNc1ccc(N2CCN(C)CC2)cc1. The summed E-state index contributed by atoms with van der Waals surface area (Å²) in [6.07, 6.45) is 1.17. The van der Waals surface area contributed by atoms with Gasteiger partial charge in [-0.25, -0.2) is 0 Å². The Morgan fingerprint density at radius 2 is 1.71 bits per heavy atom. The summed E-state index contributed by atoms with van der Waals surface area (Å²) in [5.74, 6) is 0. The topological polar surface area (TPSA) is 18.5 Å². The van der Waals surface area contributed by atoms with Gasteiger partial charge in [0.1, 0.15) is 0 Å². The second-order valence-electron chi connectivity index (χ2n) is 4.76. The Hall–Kier alpha value is -1.22. The molecule has 0 unspecified atom stereocenters.